The molecule has 0 spiro atoms. The number of halogens is 2. The molecule has 2 rings (SSSR count). The number of rotatable bonds is 3. The van der Waals surface area contributed by atoms with Crippen molar-refractivity contribution < 1.29 is 8.78 Å². The minimum absolute atomic E-state index is 0.00315. The molecular formula is C14H20F2N2. The van der Waals surface area contributed by atoms with Gasteiger partial charge in [-0.1, -0.05) is 6.07 Å². The topological polar surface area (TPSA) is 15.3 Å². The first-order valence-corrected chi connectivity index (χ1v) is 6.48. The first kappa shape index (κ1) is 13.4. The van der Waals surface area contributed by atoms with Gasteiger partial charge in [-0.15, -0.1) is 0 Å². The second-order valence-corrected chi connectivity index (χ2v) is 4.94. The molecule has 1 unspecified atom stereocenters. The van der Waals surface area contributed by atoms with Gasteiger partial charge in [-0.3, -0.25) is 4.90 Å². The number of hydrogen-bond acceptors (Lipinski definition) is 2. The summed E-state index contributed by atoms with van der Waals surface area (Å²) in [5.41, 5.74) is 0.583. The predicted molar refractivity (Wildman–Crippen MR) is 68.4 cm³/mol. The average Bonchev–Trinajstić information content (AvgIpc) is 2.38. The maximum Gasteiger partial charge on any atom is 0.130 e. The van der Waals surface area contributed by atoms with E-state index in [2.05, 4.69) is 10.2 Å². The molecule has 1 atom stereocenters. The van der Waals surface area contributed by atoms with Gasteiger partial charge in [0.2, 0.25) is 0 Å². The summed E-state index contributed by atoms with van der Waals surface area (Å²) in [6.07, 6.45) is 2.15. The molecule has 18 heavy (non-hydrogen) atoms. The van der Waals surface area contributed by atoms with Crippen molar-refractivity contribution >= 4 is 0 Å². The van der Waals surface area contributed by atoms with Crippen LogP contribution in [0.25, 0.3) is 0 Å². The molecule has 1 fully saturated rings. The Bertz CT molecular complexity index is 401. The Balaban J connectivity index is 2.05. The van der Waals surface area contributed by atoms with E-state index in [1.165, 1.54) is 6.07 Å². The highest BCUT2D eigenvalue weighted by Crippen LogP contribution is 2.26. The van der Waals surface area contributed by atoms with Crippen LogP contribution in [0, 0.1) is 11.6 Å². The monoisotopic (exact) mass is 254 g/mol. The van der Waals surface area contributed by atoms with E-state index < -0.39 is 11.6 Å². The van der Waals surface area contributed by atoms with E-state index in [1.54, 1.807) is 6.07 Å². The minimum Gasteiger partial charge on any atom is -0.317 e. The number of nitrogens with one attached hydrogen (secondary N) is 1. The lowest BCUT2D eigenvalue weighted by molar-refractivity contribution is 0.153. The summed E-state index contributed by atoms with van der Waals surface area (Å²) in [5.74, 6) is -0.962. The van der Waals surface area contributed by atoms with Gasteiger partial charge in [0.1, 0.15) is 11.6 Å². The maximum absolute atomic E-state index is 13.7. The van der Waals surface area contributed by atoms with E-state index in [-0.39, 0.29) is 6.04 Å². The number of piperidine rings is 1. The number of likely N-dealkylation sites (tertiary alicyclic amines) is 1. The van der Waals surface area contributed by atoms with Gasteiger partial charge in [0.25, 0.3) is 0 Å². The molecule has 0 aromatic heterocycles. The largest absolute Gasteiger partial charge is 0.317 e. The van der Waals surface area contributed by atoms with E-state index in [0.717, 1.165) is 32.0 Å². The van der Waals surface area contributed by atoms with Crippen LogP contribution in [-0.4, -0.2) is 31.1 Å². The van der Waals surface area contributed by atoms with Crippen LogP contribution >= 0.6 is 0 Å². The van der Waals surface area contributed by atoms with Crippen LogP contribution in [0.4, 0.5) is 8.78 Å². The van der Waals surface area contributed by atoms with Crippen LogP contribution < -0.4 is 5.32 Å². The standard InChI is InChI=1S/C14H20F2N2/c1-10(13-4-3-11(15)9-14(13)16)18-7-5-12(17-2)6-8-18/h3-4,9-10,12,17H,5-8H2,1-2H3. The van der Waals surface area contributed by atoms with Gasteiger partial charge in [-0.2, -0.15) is 0 Å². The summed E-state index contributed by atoms with van der Waals surface area (Å²) in [4.78, 5) is 2.25. The third-order valence-electron chi connectivity index (χ3n) is 3.90. The lowest BCUT2D eigenvalue weighted by Gasteiger charge is -2.36. The SMILES string of the molecule is CNC1CCN(C(C)c2ccc(F)cc2F)CC1. The van der Waals surface area contributed by atoms with Crippen molar-refractivity contribution in [2.45, 2.75) is 31.8 Å². The summed E-state index contributed by atoms with van der Waals surface area (Å²) in [6, 6.07) is 4.41. The Morgan fingerprint density at radius 1 is 1.28 bits per heavy atom. The fraction of sp³-hybridized carbons (Fsp3) is 0.571. The van der Waals surface area contributed by atoms with Gasteiger partial charge in [-0.25, -0.2) is 8.78 Å². The zero-order valence-electron chi connectivity index (χ0n) is 10.9. The predicted octanol–water partition coefficient (Wildman–Crippen LogP) is 2.71. The third kappa shape index (κ3) is 2.87. The highest BCUT2D eigenvalue weighted by Gasteiger charge is 2.24. The molecule has 1 saturated heterocycles. The highest BCUT2D eigenvalue weighted by atomic mass is 19.1. The fourth-order valence-electron chi connectivity index (χ4n) is 2.61. The van der Waals surface area contributed by atoms with Crippen molar-refractivity contribution in [3.8, 4) is 0 Å². The van der Waals surface area contributed by atoms with E-state index >= 15 is 0 Å². The normalized spacial score (nSPS) is 20.0. The fourth-order valence-corrected chi connectivity index (χ4v) is 2.61. The second kappa shape index (κ2) is 5.76. The molecule has 2 nitrogen and oxygen atoms in total. The molecule has 100 valence electrons. The molecule has 0 radical (unpaired) electrons. The van der Waals surface area contributed by atoms with Crippen LogP contribution in [-0.2, 0) is 0 Å². The van der Waals surface area contributed by atoms with Crippen molar-refractivity contribution in [2.75, 3.05) is 20.1 Å². The van der Waals surface area contributed by atoms with Gasteiger partial charge >= 0.3 is 0 Å². The lowest BCUT2D eigenvalue weighted by Crippen LogP contribution is -2.42. The number of hydrogen-bond donors (Lipinski definition) is 1. The average molecular weight is 254 g/mol. The molecule has 1 N–H and O–H groups in total. The van der Waals surface area contributed by atoms with Crippen molar-refractivity contribution in [1.29, 1.82) is 0 Å². The third-order valence-corrected chi connectivity index (χ3v) is 3.90. The molecule has 1 aromatic carbocycles. The van der Waals surface area contributed by atoms with E-state index in [4.69, 9.17) is 0 Å². The van der Waals surface area contributed by atoms with Crippen LogP contribution in [0.5, 0.6) is 0 Å². The summed E-state index contributed by atoms with van der Waals surface area (Å²) >= 11 is 0. The highest BCUT2D eigenvalue weighted by molar-refractivity contribution is 5.21. The van der Waals surface area contributed by atoms with Gasteiger partial charge in [-0.05, 0) is 32.9 Å². The second-order valence-electron chi connectivity index (χ2n) is 4.94. The smallest absolute Gasteiger partial charge is 0.130 e. The van der Waals surface area contributed by atoms with Crippen molar-refractivity contribution in [3.63, 3.8) is 0 Å². The molecule has 1 aliphatic heterocycles. The first-order valence-electron chi connectivity index (χ1n) is 6.48. The summed E-state index contributed by atoms with van der Waals surface area (Å²) in [5, 5.41) is 3.27. The molecule has 0 aliphatic carbocycles. The van der Waals surface area contributed by atoms with Crippen LogP contribution in [0.3, 0.4) is 0 Å². The van der Waals surface area contributed by atoms with Gasteiger partial charge in [0.05, 0.1) is 0 Å². The van der Waals surface area contributed by atoms with E-state index in [9.17, 15) is 8.78 Å². The lowest BCUT2D eigenvalue weighted by atomic mass is 10.00. The van der Waals surface area contributed by atoms with Gasteiger partial charge in [0.15, 0.2) is 0 Å². The summed E-state index contributed by atoms with van der Waals surface area (Å²) < 4.78 is 26.6. The molecular weight excluding hydrogens is 234 g/mol. The quantitative estimate of drug-likeness (QED) is 0.892. The molecule has 1 heterocycles. The van der Waals surface area contributed by atoms with Crippen molar-refractivity contribution in [2.24, 2.45) is 0 Å². The molecule has 0 saturated carbocycles. The zero-order valence-corrected chi connectivity index (χ0v) is 10.9. The Kier molecular flexibility index (Phi) is 4.30. The molecule has 1 aliphatic rings. The van der Waals surface area contributed by atoms with Crippen LogP contribution in [0.15, 0.2) is 18.2 Å². The van der Waals surface area contributed by atoms with E-state index in [0.29, 0.717) is 11.6 Å². The van der Waals surface area contributed by atoms with Gasteiger partial charge in [0, 0.05) is 36.8 Å². The summed E-state index contributed by atoms with van der Waals surface area (Å²) in [6.45, 7) is 3.88. The number of nitrogens with zero attached hydrogens (tertiary/aromatic N) is 1. The van der Waals surface area contributed by atoms with Crippen molar-refractivity contribution in [3.05, 3.63) is 35.4 Å². The Labute approximate surface area is 107 Å². The molecule has 1 aromatic rings. The van der Waals surface area contributed by atoms with E-state index in [1.807, 2.05) is 14.0 Å². The first-order chi connectivity index (χ1) is 8.61. The maximum atomic E-state index is 13.7. The molecule has 0 amide bonds. The van der Waals surface area contributed by atoms with Crippen molar-refractivity contribution in [1.82, 2.24) is 10.2 Å². The van der Waals surface area contributed by atoms with Gasteiger partial charge < -0.3 is 5.32 Å². The minimum atomic E-state index is -0.516. The Morgan fingerprint density at radius 3 is 2.50 bits per heavy atom. The number of benzene rings is 1. The van der Waals surface area contributed by atoms with Crippen LogP contribution in [0.2, 0.25) is 0 Å². The Morgan fingerprint density at radius 2 is 1.94 bits per heavy atom. The summed E-state index contributed by atoms with van der Waals surface area (Å²) in [7, 11) is 1.98. The van der Waals surface area contributed by atoms with Crippen LogP contribution in [0.1, 0.15) is 31.4 Å². The Hall–Kier alpha value is -1.00. The zero-order chi connectivity index (χ0) is 13.1. The molecule has 4 heteroatoms. The molecule has 0 bridgehead atoms.